The molecule has 2 rings (SSSR count). The van der Waals surface area contributed by atoms with E-state index in [0.29, 0.717) is 9.46 Å². The Morgan fingerprint density at radius 2 is 2.10 bits per heavy atom. The molecule has 0 saturated carbocycles. The molecule has 1 aromatic heterocycles. The van der Waals surface area contributed by atoms with E-state index in [1.54, 1.807) is 18.2 Å². The third-order valence-electron chi connectivity index (χ3n) is 2.45. The van der Waals surface area contributed by atoms with E-state index in [0.717, 1.165) is 12.4 Å². The van der Waals surface area contributed by atoms with Crippen LogP contribution in [0, 0.1) is 21.7 Å². The maximum absolute atomic E-state index is 12.0. The van der Waals surface area contributed by atoms with Crippen LogP contribution in [-0.2, 0) is 4.79 Å². The Balaban J connectivity index is 2.32. The van der Waals surface area contributed by atoms with E-state index in [4.69, 9.17) is 5.26 Å². The van der Waals surface area contributed by atoms with Gasteiger partial charge in [-0.1, -0.05) is 12.1 Å². The molecule has 0 fully saturated rings. The molecule has 1 N–H and O–H groups in total. The number of nitrogens with one attached hydrogen (secondary N) is 1. The summed E-state index contributed by atoms with van der Waals surface area (Å²) in [6.07, 6.45) is 1.76. The molecule has 0 aliphatic carbocycles. The van der Waals surface area contributed by atoms with Gasteiger partial charge < -0.3 is 10.4 Å². The van der Waals surface area contributed by atoms with Gasteiger partial charge in [0.05, 0.1) is 6.07 Å². The molecule has 0 aliphatic heterocycles. The number of fused-ring (bicyclic) bond motifs is 1. The van der Waals surface area contributed by atoms with E-state index in [1.165, 1.54) is 12.1 Å². The van der Waals surface area contributed by atoms with E-state index in [1.807, 2.05) is 0 Å². The lowest BCUT2D eigenvalue weighted by molar-refractivity contribution is -0.629. The zero-order valence-corrected chi connectivity index (χ0v) is 10.2. The highest BCUT2D eigenvalue weighted by Crippen LogP contribution is 2.03. The van der Waals surface area contributed by atoms with Gasteiger partial charge in [0.15, 0.2) is 0 Å². The molecule has 0 saturated heterocycles. The summed E-state index contributed by atoms with van der Waals surface area (Å²) in [6.45, 7) is 0. The number of nitrogens with zero attached hydrogens (tertiary/aromatic N) is 4. The Morgan fingerprint density at radius 1 is 1.40 bits per heavy atom. The number of para-hydroxylation sites is 2. The number of amides is 1. The molecule has 0 spiro atoms. The van der Waals surface area contributed by atoms with E-state index in [9.17, 15) is 15.2 Å². The van der Waals surface area contributed by atoms with Crippen LogP contribution in [0.2, 0.25) is 0 Å². The lowest BCUT2D eigenvalue weighted by Gasteiger charge is -2.05. The summed E-state index contributed by atoms with van der Waals surface area (Å²) in [5, 5.41) is 35.5. The molecule has 0 radical (unpaired) electrons. The second-order valence-corrected chi connectivity index (χ2v) is 3.79. The second kappa shape index (κ2) is 5.62. The molecule has 1 aromatic carbocycles. The predicted molar refractivity (Wildman–Crippen MR) is 67.8 cm³/mol. The van der Waals surface area contributed by atoms with Crippen molar-refractivity contribution in [1.29, 1.82) is 5.26 Å². The predicted octanol–water partition coefficient (Wildman–Crippen LogP) is -0.530. The van der Waals surface area contributed by atoms with Crippen LogP contribution in [0.4, 0.5) is 0 Å². The summed E-state index contributed by atoms with van der Waals surface area (Å²) in [7, 11) is 0. The van der Waals surface area contributed by atoms with Crippen molar-refractivity contribution in [3.8, 4) is 6.07 Å². The number of nitriles is 1. The monoisotopic (exact) mass is 277 g/mol. The number of carbonyl (C=O) groups excluding carboxylic acids is 1. The first-order chi connectivity index (χ1) is 9.63. The average Bonchev–Trinajstić information content (AvgIpc) is 2.44. The van der Waals surface area contributed by atoms with Crippen molar-refractivity contribution in [3.63, 3.8) is 0 Å². The number of hydrazone groups is 1. The topological polar surface area (TPSA) is 119 Å². The van der Waals surface area contributed by atoms with Gasteiger partial charge in [-0.25, -0.2) is 5.43 Å². The first kappa shape index (κ1) is 13.2. The Kier molecular flexibility index (Phi) is 3.72. The largest absolute Gasteiger partial charge is 0.618 e. The van der Waals surface area contributed by atoms with Gasteiger partial charge in [0, 0.05) is 12.1 Å². The summed E-state index contributed by atoms with van der Waals surface area (Å²) in [5.74, 6) is -0.600. The van der Waals surface area contributed by atoms with E-state index >= 15 is 0 Å². The molecule has 1 heterocycles. The highest BCUT2D eigenvalue weighted by Gasteiger charge is 2.17. The highest BCUT2D eigenvalue weighted by atomic mass is 16.5. The first-order valence-corrected chi connectivity index (χ1v) is 5.57. The average molecular weight is 277 g/mol. The van der Waals surface area contributed by atoms with Crippen molar-refractivity contribution in [2.24, 2.45) is 5.10 Å². The number of carbonyl (C=O) groups is 1. The van der Waals surface area contributed by atoms with Crippen LogP contribution in [0.3, 0.4) is 0 Å². The summed E-state index contributed by atoms with van der Waals surface area (Å²) in [6, 6.07) is 7.95. The molecule has 0 bridgehead atoms. The fraction of sp³-hybridized carbons (Fsp3) is 0.0833. The molecule has 0 atom stereocenters. The first-order valence-electron chi connectivity index (χ1n) is 5.57. The molecule has 8 nitrogen and oxygen atoms in total. The molecule has 100 valence electrons. The Morgan fingerprint density at radius 3 is 2.80 bits per heavy atom. The Bertz CT molecular complexity index is 736. The molecule has 2 aromatic rings. The number of aromatic nitrogens is 2. The van der Waals surface area contributed by atoms with Gasteiger partial charge in [-0.15, -0.1) is 0 Å². The third-order valence-corrected chi connectivity index (χ3v) is 2.45. The molecule has 20 heavy (non-hydrogen) atoms. The normalized spacial score (nSPS) is 10.6. The quantitative estimate of drug-likeness (QED) is 0.351. The zero-order valence-electron chi connectivity index (χ0n) is 10.2. The van der Waals surface area contributed by atoms with Gasteiger partial charge in [-0.3, -0.25) is 4.79 Å². The van der Waals surface area contributed by atoms with E-state index in [2.05, 4.69) is 10.5 Å². The van der Waals surface area contributed by atoms with E-state index < -0.39 is 5.91 Å². The number of rotatable bonds is 3. The van der Waals surface area contributed by atoms with Gasteiger partial charge in [0.1, 0.15) is 12.6 Å². The van der Waals surface area contributed by atoms with Crippen molar-refractivity contribution in [3.05, 3.63) is 46.6 Å². The fourth-order valence-corrected chi connectivity index (χ4v) is 1.57. The standard InChI is InChI=1S/C12H9N5O3/c13-6-5-12(18)15-14-7-9-8-16(19)10-3-1-2-4-11(10)17(9)20/h1-4,7-8H,5H2,(H,15,18)/b14-7+/i1+1,2+1,3+1,4+1,10+1,11+1. The summed E-state index contributed by atoms with van der Waals surface area (Å²) < 4.78 is 1.08. The van der Waals surface area contributed by atoms with Crippen LogP contribution in [-0.4, -0.2) is 12.1 Å². The molecular formula is C12H9N5O3. The SMILES string of the molecule is N#CCC(=O)N/N=C/c1c[n+]([O-])[13c]2[13cH][13cH][13cH][13cH][13c]2[n+]1[O-]. The molecular weight excluding hydrogens is 268 g/mol. The maximum Gasteiger partial charge on any atom is 0.302 e. The minimum Gasteiger partial charge on any atom is -0.618 e. The van der Waals surface area contributed by atoms with Crippen molar-refractivity contribution < 1.29 is 14.3 Å². The number of benzene rings is 1. The third kappa shape index (κ3) is 2.62. The minimum atomic E-state index is -0.600. The van der Waals surface area contributed by atoms with Crippen LogP contribution < -0.4 is 14.9 Å². The number of hydrogen-bond donors (Lipinski definition) is 1. The van der Waals surface area contributed by atoms with Crippen molar-refractivity contribution in [2.45, 2.75) is 6.42 Å². The fourth-order valence-electron chi connectivity index (χ4n) is 1.57. The van der Waals surface area contributed by atoms with Crippen LogP contribution in [0.5, 0.6) is 0 Å². The maximum atomic E-state index is 12.0. The van der Waals surface area contributed by atoms with Crippen molar-refractivity contribution in [1.82, 2.24) is 5.43 Å². The molecule has 0 aliphatic rings. The zero-order chi connectivity index (χ0) is 14.5. The summed E-state index contributed by atoms with van der Waals surface area (Å²) in [5.41, 5.74) is 2.46. The smallest absolute Gasteiger partial charge is 0.302 e. The summed E-state index contributed by atoms with van der Waals surface area (Å²) >= 11 is 0. The van der Waals surface area contributed by atoms with Gasteiger partial charge in [-0.05, 0) is 0 Å². The highest BCUT2D eigenvalue weighted by molar-refractivity contribution is 5.81. The molecule has 1 amide bonds. The van der Waals surface area contributed by atoms with Crippen LogP contribution in [0.1, 0.15) is 12.1 Å². The van der Waals surface area contributed by atoms with Gasteiger partial charge in [-0.2, -0.15) is 19.8 Å². The Hall–Kier alpha value is -3.21. The minimum absolute atomic E-state index is 0.0315. The van der Waals surface area contributed by atoms with Gasteiger partial charge >= 0.3 is 5.69 Å². The lowest BCUT2D eigenvalue weighted by atomic mass is 10.5. The van der Waals surface area contributed by atoms with Crippen molar-refractivity contribution >= 4 is 23.2 Å². The molecule has 0 unspecified atom stereocenters. The van der Waals surface area contributed by atoms with E-state index in [-0.39, 0.29) is 23.1 Å². The van der Waals surface area contributed by atoms with Crippen LogP contribution >= 0.6 is 0 Å². The van der Waals surface area contributed by atoms with Gasteiger partial charge in [0.25, 0.3) is 23.1 Å². The summed E-state index contributed by atoms with van der Waals surface area (Å²) in [4.78, 5) is 11.0. The lowest BCUT2D eigenvalue weighted by Crippen LogP contribution is -2.41. The van der Waals surface area contributed by atoms with Gasteiger partial charge in [0.2, 0.25) is 0 Å². The number of hydrogen-bond acceptors (Lipinski definition) is 5. The Labute approximate surface area is 113 Å². The second-order valence-electron chi connectivity index (χ2n) is 3.79. The van der Waals surface area contributed by atoms with Crippen molar-refractivity contribution in [2.75, 3.05) is 0 Å². The van der Waals surface area contributed by atoms with Crippen LogP contribution in [0.15, 0.2) is 35.6 Å². The van der Waals surface area contributed by atoms with Crippen LogP contribution in [0.25, 0.3) is 11.0 Å². The molecule has 8 heteroatoms.